The number of carbonyl (C=O) groups excluding carboxylic acids is 1. The number of methoxy groups -OCH3 is 1. The molecule has 0 bridgehead atoms. The van der Waals surface area contributed by atoms with Crippen LogP contribution in [0.1, 0.15) is 85.0 Å². The molecule has 25 heavy (non-hydrogen) atoms. The summed E-state index contributed by atoms with van der Waals surface area (Å²) < 4.78 is 22.3. The van der Waals surface area contributed by atoms with Gasteiger partial charge in [0.25, 0.3) is 0 Å². The lowest BCUT2D eigenvalue weighted by Crippen LogP contribution is -2.45. The van der Waals surface area contributed by atoms with Gasteiger partial charge in [0, 0.05) is 32.3 Å². The summed E-state index contributed by atoms with van der Waals surface area (Å²) >= 11 is 0. The number of hydrogen-bond donors (Lipinski definition) is 0. The van der Waals surface area contributed by atoms with Gasteiger partial charge in [-0.05, 0) is 33.6 Å². The monoisotopic (exact) mass is 376 g/mol. The van der Waals surface area contributed by atoms with E-state index in [2.05, 4.69) is 4.74 Å². The van der Waals surface area contributed by atoms with E-state index in [0.29, 0.717) is 26.2 Å². The number of carbonyl (C=O) groups is 1. The number of hydrogen-bond acceptors (Lipinski definition) is 5. The Morgan fingerprint density at radius 1 is 0.680 bits per heavy atom. The Morgan fingerprint density at radius 2 is 1.08 bits per heavy atom. The Bertz CT molecular complexity index is 295. The molecule has 0 radical (unpaired) electrons. The van der Waals surface area contributed by atoms with E-state index in [1.807, 2.05) is 20.8 Å². The minimum absolute atomic E-state index is 0.0919. The minimum atomic E-state index is -2.44. The number of unbranched alkanes of at least 4 members (excludes halogenated alkanes) is 8. The van der Waals surface area contributed by atoms with E-state index in [0.717, 1.165) is 25.3 Å². The van der Waals surface area contributed by atoms with Crippen molar-refractivity contribution in [2.45, 2.75) is 91.0 Å². The maximum absolute atomic E-state index is 11.0. The molecule has 0 aromatic rings. The lowest BCUT2D eigenvalue weighted by Gasteiger charge is -2.28. The molecule has 0 rings (SSSR count). The molecule has 0 aliphatic rings. The Hall–Kier alpha value is -0.433. The fraction of sp³-hybridized carbons (Fsp3) is 0.947. The predicted molar refractivity (Wildman–Crippen MR) is 104 cm³/mol. The maximum atomic E-state index is 11.0. The van der Waals surface area contributed by atoms with Crippen LogP contribution >= 0.6 is 0 Å². The molecule has 0 fully saturated rings. The molecule has 0 spiro atoms. The third-order valence-electron chi connectivity index (χ3n) is 4.18. The van der Waals surface area contributed by atoms with Crippen LogP contribution < -0.4 is 0 Å². The molecule has 0 aromatic heterocycles. The molecular weight excluding hydrogens is 336 g/mol. The zero-order chi connectivity index (χ0) is 18.8. The molecule has 0 heterocycles. The highest BCUT2D eigenvalue weighted by Gasteiger charge is 2.39. The SMILES string of the molecule is CCO[Si](CCCCCCCCCCCC(=O)OC)(OCC)OCC. The minimum Gasteiger partial charge on any atom is -0.469 e. The van der Waals surface area contributed by atoms with E-state index in [1.54, 1.807) is 0 Å². The van der Waals surface area contributed by atoms with Crippen molar-refractivity contribution in [2.24, 2.45) is 0 Å². The van der Waals surface area contributed by atoms with Crippen molar-refractivity contribution in [3.05, 3.63) is 0 Å². The highest BCUT2D eigenvalue weighted by atomic mass is 28.4. The van der Waals surface area contributed by atoms with E-state index in [4.69, 9.17) is 13.3 Å². The van der Waals surface area contributed by atoms with E-state index >= 15 is 0 Å². The number of ether oxygens (including phenoxy) is 1. The Labute approximate surface area is 156 Å². The highest BCUT2D eigenvalue weighted by Crippen LogP contribution is 2.21. The first kappa shape index (κ1) is 24.6. The van der Waals surface area contributed by atoms with Crippen molar-refractivity contribution >= 4 is 14.8 Å². The van der Waals surface area contributed by atoms with E-state index in [1.165, 1.54) is 45.6 Å². The van der Waals surface area contributed by atoms with Crippen LogP contribution in [0.25, 0.3) is 0 Å². The van der Waals surface area contributed by atoms with E-state index in [9.17, 15) is 4.79 Å². The second-order valence-electron chi connectivity index (χ2n) is 6.24. The third kappa shape index (κ3) is 13.4. The van der Waals surface area contributed by atoms with Gasteiger partial charge in [-0.15, -0.1) is 0 Å². The van der Waals surface area contributed by atoms with Gasteiger partial charge in [0.2, 0.25) is 0 Å². The normalized spacial score (nSPS) is 11.7. The zero-order valence-corrected chi connectivity index (χ0v) is 17.9. The van der Waals surface area contributed by atoms with E-state index in [-0.39, 0.29) is 5.97 Å². The van der Waals surface area contributed by atoms with Crippen LogP contribution in [0.15, 0.2) is 0 Å². The number of rotatable bonds is 18. The van der Waals surface area contributed by atoms with Crippen LogP contribution in [0.3, 0.4) is 0 Å². The van der Waals surface area contributed by atoms with Crippen LogP contribution in [-0.4, -0.2) is 41.7 Å². The van der Waals surface area contributed by atoms with Gasteiger partial charge >= 0.3 is 14.8 Å². The van der Waals surface area contributed by atoms with Crippen molar-refractivity contribution in [1.82, 2.24) is 0 Å². The topological polar surface area (TPSA) is 54.0 Å². The van der Waals surface area contributed by atoms with Gasteiger partial charge in [0.15, 0.2) is 0 Å². The van der Waals surface area contributed by atoms with Crippen LogP contribution in [0, 0.1) is 0 Å². The summed E-state index contributed by atoms with van der Waals surface area (Å²) in [6.45, 7) is 7.98. The molecule has 0 amide bonds. The Morgan fingerprint density at radius 3 is 1.48 bits per heavy atom. The highest BCUT2D eigenvalue weighted by molar-refractivity contribution is 6.60. The molecule has 0 atom stereocenters. The molecule has 0 unspecified atom stereocenters. The van der Waals surface area contributed by atoms with Crippen molar-refractivity contribution in [1.29, 1.82) is 0 Å². The zero-order valence-electron chi connectivity index (χ0n) is 16.9. The molecular formula is C19H40O5Si. The van der Waals surface area contributed by atoms with Crippen molar-refractivity contribution in [3.63, 3.8) is 0 Å². The molecule has 0 aromatic carbocycles. The van der Waals surface area contributed by atoms with Gasteiger partial charge in [0.05, 0.1) is 7.11 Å². The first-order valence-corrected chi connectivity index (χ1v) is 12.1. The lowest BCUT2D eigenvalue weighted by atomic mass is 10.1. The van der Waals surface area contributed by atoms with Gasteiger partial charge in [0.1, 0.15) is 0 Å². The van der Waals surface area contributed by atoms with Gasteiger partial charge in [-0.3, -0.25) is 4.79 Å². The van der Waals surface area contributed by atoms with E-state index < -0.39 is 8.80 Å². The van der Waals surface area contributed by atoms with Crippen molar-refractivity contribution in [2.75, 3.05) is 26.9 Å². The quantitative estimate of drug-likeness (QED) is 0.189. The van der Waals surface area contributed by atoms with Gasteiger partial charge in [-0.2, -0.15) is 0 Å². The molecule has 6 heteroatoms. The fourth-order valence-electron chi connectivity index (χ4n) is 2.95. The molecule has 0 aliphatic heterocycles. The maximum Gasteiger partial charge on any atom is 0.500 e. The molecule has 5 nitrogen and oxygen atoms in total. The molecule has 0 N–H and O–H groups in total. The van der Waals surface area contributed by atoms with Crippen LogP contribution in [0.2, 0.25) is 6.04 Å². The van der Waals surface area contributed by atoms with Crippen LogP contribution in [0.4, 0.5) is 0 Å². The van der Waals surface area contributed by atoms with Gasteiger partial charge < -0.3 is 18.0 Å². The van der Waals surface area contributed by atoms with Crippen molar-refractivity contribution < 1.29 is 22.8 Å². The molecule has 0 saturated heterocycles. The molecule has 150 valence electrons. The molecule has 0 saturated carbocycles. The first-order chi connectivity index (χ1) is 12.1. The predicted octanol–water partition coefficient (Wildman–Crippen LogP) is 5.11. The largest absolute Gasteiger partial charge is 0.500 e. The summed E-state index contributed by atoms with van der Waals surface area (Å²) in [5.74, 6) is -0.0919. The summed E-state index contributed by atoms with van der Waals surface area (Å²) in [6.07, 6.45) is 11.3. The van der Waals surface area contributed by atoms with Gasteiger partial charge in [-0.1, -0.05) is 44.9 Å². The van der Waals surface area contributed by atoms with Crippen LogP contribution in [-0.2, 0) is 22.8 Å². The third-order valence-corrected chi connectivity index (χ3v) is 7.34. The van der Waals surface area contributed by atoms with Gasteiger partial charge in [-0.25, -0.2) is 0 Å². The summed E-state index contributed by atoms with van der Waals surface area (Å²) in [4.78, 5) is 11.0. The summed E-state index contributed by atoms with van der Waals surface area (Å²) in [5, 5.41) is 0. The Kier molecular flexibility index (Phi) is 16.7. The Balaban J connectivity index is 3.64. The summed E-state index contributed by atoms with van der Waals surface area (Å²) in [6, 6.07) is 0.927. The standard InChI is InChI=1S/C19H40O5Si/c1-5-22-25(23-6-2,24-7-3)18-16-14-12-10-8-9-11-13-15-17-19(20)21-4/h5-18H2,1-4H3. The smallest absolute Gasteiger partial charge is 0.469 e. The second-order valence-corrected chi connectivity index (χ2v) is 8.97. The second kappa shape index (κ2) is 17.0. The van der Waals surface area contributed by atoms with Crippen molar-refractivity contribution in [3.8, 4) is 0 Å². The molecule has 0 aliphatic carbocycles. The number of esters is 1. The summed E-state index contributed by atoms with van der Waals surface area (Å²) in [7, 11) is -0.986. The fourth-order valence-corrected chi connectivity index (χ4v) is 5.64. The van der Waals surface area contributed by atoms with Crippen LogP contribution in [0.5, 0.6) is 0 Å². The average molecular weight is 377 g/mol. The summed E-state index contributed by atoms with van der Waals surface area (Å²) in [5.41, 5.74) is 0. The average Bonchev–Trinajstić information content (AvgIpc) is 2.60. The first-order valence-electron chi connectivity index (χ1n) is 10.1. The lowest BCUT2D eigenvalue weighted by molar-refractivity contribution is -0.140.